The molecular formula is C12H25N. The molecule has 0 aromatic heterocycles. The maximum atomic E-state index is 3.76. The third kappa shape index (κ3) is 4.12. The SMILES string of the molecule is CC(C)[C@@H](C)NC1CCCCCC1. The van der Waals surface area contributed by atoms with Gasteiger partial charge in [-0.05, 0) is 25.7 Å². The van der Waals surface area contributed by atoms with Gasteiger partial charge in [-0.3, -0.25) is 0 Å². The molecule has 13 heavy (non-hydrogen) atoms. The first-order chi connectivity index (χ1) is 6.20. The monoisotopic (exact) mass is 183 g/mol. The Morgan fingerprint density at radius 1 is 0.923 bits per heavy atom. The summed E-state index contributed by atoms with van der Waals surface area (Å²) in [7, 11) is 0. The van der Waals surface area contributed by atoms with Gasteiger partial charge in [0.25, 0.3) is 0 Å². The zero-order valence-electron chi connectivity index (χ0n) is 9.47. The lowest BCUT2D eigenvalue weighted by Gasteiger charge is -2.24. The van der Waals surface area contributed by atoms with E-state index >= 15 is 0 Å². The van der Waals surface area contributed by atoms with E-state index < -0.39 is 0 Å². The third-order valence-corrected chi connectivity index (χ3v) is 3.35. The van der Waals surface area contributed by atoms with Crippen LogP contribution in [0.5, 0.6) is 0 Å². The van der Waals surface area contributed by atoms with Crippen LogP contribution in [0.2, 0.25) is 0 Å². The minimum atomic E-state index is 0.683. The lowest BCUT2D eigenvalue weighted by molar-refractivity contribution is 0.349. The fraction of sp³-hybridized carbons (Fsp3) is 1.00. The average molecular weight is 183 g/mol. The number of rotatable bonds is 3. The number of nitrogens with one attached hydrogen (secondary N) is 1. The highest BCUT2D eigenvalue weighted by molar-refractivity contribution is 4.75. The Balaban J connectivity index is 2.25. The highest BCUT2D eigenvalue weighted by Gasteiger charge is 2.15. The molecule has 1 fully saturated rings. The van der Waals surface area contributed by atoms with Crippen LogP contribution in [0.1, 0.15) is 59.3 Å². The van der Waals surface area contributed by atoms with Gasteiger partial charge in [-0.2, -0.15) is 0 Å². The maximum absolute atomic E-state index is 3.76. The maximum Gasteiger partial charge on any atom is 0.00696 e. The molecule has 1 heteroatoms. The zero-order valence-corrected chi connectivity index (χ0v) is 9.47. The molecule has 0 aliphatic heterocycles. The summed E-state index contributed by atoms with van der Waals surface area (Å²) in [4.78, 5) is 0. The quantitative estimate of drug-likeness (QED) is 0.662. The van der Waals surface area contributed by atoms with Gasteiger partial charge in [0, 0.05) is 12.1 Å². The second kappa shape index (κ2) is 5.64. The molecule has 0 bridgehead atoms. The van der Waals surface area contributed by atoms with Crippen molar-refractivity contribution in [2.75, 3.05) is 0 Å². The molecule has 1 aliphatic carbocycles. The van der Waals surface area contributed by atoms with Gasteiger partial charge >= 0.3 is 0 Å². The molecule has 1 aliphatic rings. The Morgan fingerprint density at radius 3 is 1.92 bits per heavy atom. The van der Waals surface area contributed by atoms with Crippen LogP contribution in [-0.4, -0.2) is 12.1 Å². The van der Waals surface area contributed by atoms with Crippen LogP contribution in [-0.2, 0) is 0 Å². The molecule has 0 aromatic carbocycles. The molecule has 0 radical (unpaired) electrons. The smallest absolute Gasteiger partial charge is 0.00696 e. The summed E-state index contributed by atoms with van der Waals surface area (Å²) in [6, 6.07) is 1.49. The van der Waals surface area contributed by atoms with Gasteiger partial charge in [-0.15, -0.1) is 0 Å². The lowest BCUT2D eigenvalue weighted by Crippen LogP contribution is -2.39. The van der Waals surface area contributed by atoms with E-state index in [1.165, 1.54) is 38.5 Å². The van der Waals surface area contributed by atoms with Crippen LogP contribution in [0, 0.1) is 5.92 Å². The van der Waals surface area contributed by atoms with Crippen LogP contribution in [0.25, 0.3) is 0 Å². The van der Waals surface area contributed by atoms with Crippen molar-refractivity contribution in [1.29, 1.82) is 0 Å². The first-order valence-electron chi connectivity index (χ1n) is 5.96. The van der Waals surface area contributed by atoms with Crippen LogP contribution in [0.3, 0.4) is 0 Å². The van der Waals surface area contributed by atoms with Crippen LogP contribution >= 0.6 is 0 Å². The van der Waals surface area contributed by atoms with Crippen LogP contribution in [0.15, 0.2) is 0 Å². The summed E-state index contributed by atoms with van der Waals surface area (Å²) >= 11 is 0. The van der Waals surface area contributed by atoms with Crippen molar-refractivity contribution >= 4 is 0 Å². The standard InChI is InChI=1S/C12H25N/c1-10(2)11(3)13-12-8-6-4-5-7-9-12/h10-13H,4-9H2,1-3H3/t11-/m1/s1. The molecule has 1 N–H and O–H groups in total. The molecule has 0 aromatic rings. The normalized spacial score (nSPS) is 23.1. The second-order valence-electron chi connectivity index (χ2n) is 4.89. The van der Waals surface area contributed by atoms with Crippen molar-refractivity contribution in [3.05, 3.63) is 0 Å². The van der Waals surface area contributed by atoms with Gasteiger partial charge in [0.15, 0.2) is 0 Å². The van der Waals surface area contributed by atoms with Crippen molar-refractivity contribution in [3.63, 3.8) is 0 Å². The number of hydrogen-bond donors (Lipinski definition) is 1. The van der Waals surface area contributed by atoms with Gasteiger partial charge in [-0.25, -0.2) is 0 Å². The molecule has 0 saturated heterocycles. The average Bonchev–Trinajstić information content (AvgIpc) is 2.32. The van der Waals surface area contributed by atoms with Crippen molar-refractivity contribution in [1.82, 2.24) is 5.32 Å². The second-order valence-corrected chi connectivity index (χ2v) is 4.89. The first-order valence-corrected chi connectivity index (χ1v) is 5.96. The predicted molar refractivity (Wildman–Crippen MR) is 58.9 cm³/mol. The van der Waals surface area contributed by atoms with Gasteiger partial charge < -0.3 is 5.32 Å². The fourth-order valence-corrected chi connectivity index (χ4v) is 2.01. The lowest BCUT2D eigenvalue weighted by atomic mass is 10.0. The summed E-state index contributed by atoms with van der Waals surface area (Å²) in [5.74, 6) is 0.767. The fourth-order valence-electron chi connectivity index (χ4n) is 2.01. The van der Waals surface area contributed by atoms with E-state index in [0.717, 1.165) is 12.0 Å². The molecule has 1 atom stereocenters. The van der Waals surface area contributed by atoms with Gasteiger partial charge in [0.05, 0.1) is 0 Å². The molecular weight excluding hydrogens is 158 g/mol. The Kier molecular flexibility index (Phi) is 4.79. The molecule has 78 valence electrons. The molecule has 0 unspecified atom stereocenters. The Labute approximate surface area is 83.3 Å². The topological polar surface area (TPSA) is 12.0 Å². The van der Waals surface area contributed by atoms with Crippen molar-refractivity contribution in [2.24, 2.45) is 5.92 Å². The summed E-state index contributed by atoms with van der Waals surface area (Å²) in [6.45, 7) is 6.91. The van der Waals surface area contributed by atoms with E-state index in [1.807, 2.05) is 0 Å². The van der Waals surface area contributed by atoms with E-state index in [4.69, 9.17) is 0 Å². The van der Waals surface area contributed by atoms with Gasteiger partial charge in [0.2, 0.25) is 0 Å². The molecule has 1 nitrogen and oxygen atoms in total. The zero-order chi connectivity index (χ0) is 9.68. The molecule has 1 rings (SSSR count). The Bertz CT molecular complexity index is 123. The predicted octanol–water partition coefficient (Wildman–Crippen LogP) is 3.34. The van der Waals surface area contributed by atoms with Crippen molar-refractivity contribution < 1.29 is 0 Å². The van der Waals surface area contributed by atoms with Crippen molar-refractivity contribution in [2.45, 2.75) is 71.4 Å². The number of hydrogen-bond acceptors (Lipinski definition) is 1. The summed E-state index contributed by atoms with van der Waals surface area (Å²) in [5.41, 5.74) is 0. The Hall–Kier alpha value is -0.0400. The summed E-state index contributed by atoms with van der Waals surface area (Å²) in [6.07, 6.45) is 8.57. The molecule has 0 heterocycles. The first kappa shape index (κ1) is 11.0. The van der Waals surface area contributed by atoms with E-state index in [2.05, 4.69) is 26.1 Å². The molecule has 0 amide bonds. The summed E-state index contributed by atoms with van der Waals surface area (Å²) in [5, 5.41) is 3.76. The van der Waals surface area contributed by atoms with E-state index in [9.17, 15) is 0 Å². The Morgan fingerprint density at radius 2 is 1.46 bits per heavy atom. The van der Waals surface area contributed by atoms with Gasteiger partial charge in [0.1, 0.15) is 0 Å². The minimum absolute atomic E-state index is 0.683. The van der Waals surface area contributed by atoms with E-state index in [1.54, 1.807) is 0 Å². The van der Waals surface area contributed by atoms with E-state index in [-0.39, 0.29) is 0 Å². The summed E-state index contributed by atoms with van der Waals surface area (Å²) < 4.78 is 0. The van der Waals surface area contributed by atoms with Crippen LogP contribution in [0.4, 0.5) is 0 Å². The molecule has 1 saturated carbocycles. The largest absolute Gasteiger partial charge is 0.311 e. The van der Waals surface area contributed by atoms with Crippen LogP contribution < -0.4 is 5.32 Å². The highest BCUT2D eigenvalue weighted by Crippen LogP contribution is 2.18. The van der Waals surface area contributed by atoms with Crippen molar-refractivity contribution in [3.8, 4) is 0 Å². The third-order valence-electron chi connectivity index (χ3n) is 3.35. The van der Waals surface area contributed by atoms with E-state index in [0.29, 0.717) is 6.04 Å². The minimum Gasteiger partial charge on any atom is -0.311 e. The molecule has 0 spiro atoms. The van der Waals surface area contributed by atoms with Gasteiger partial charge in [-0.1, -0.05) is 39.5 Å². The highest BCUT2D eigenvalue weighted by atomic mass is 14.9.